The molecule has 5 heteroatoms. The van der Waals surface area contributed by atoms with E-state index in [1.54, 1.807) is 17.8 Å². The molecule has 14 heavy (non-hydrogen) atoms. The number of hydrogen-bond acceptors (Lipinski definition) is 5. The quantitative estimate of drug-likeness (QED) is 0.443. The van der Waals surface area contributed by atoms with Crippen LogP contribution in [-0.4, -0.2) is 15.7 Å². The molecule has 0 atom stereocenters. The second kappa shape index (κ2) is 5.70. The Morgan fingerprint density at radius 1 is 1.29 bits per heavy atom. The Hall–Kier alpha value is -0.970. The summed E-state index contributed by atoms with van der Waals surface area (Å²) in [6.45, 7) is 2.19. The molecular formula is C9H16N4S. The molecule has 0 unspecified atom stereocenters. The van der Waals surface area contributed by atoms with Gasteiger partial charge in [0.05, 0.1) is 0 Å². The minimum Gasteiger partial charge on any atom is -0.383 e. The molecule has 0 aliphatic heterocycles. The molecule has 4 N–H and O–H groups in total. The van der Waals surface area contributed by atoms with E-state index < -0.39 is 0 Å². The molecule has 1 aromatic rings. The van der Waals surface area contributed by atoms with Crippen molar-refractivity contribution in [1.82, 2.24) is 9.97 Å². The van der Waals surface area contributed by atoms with Gasteiger partial charge in [0.25, 0.3) is 0 Å². The molecular weight excluding hydrogens is 196 g/mol. The number of nitrogens with two attached hydrogens (primary N) is 2. The number of thioether (sulfide) groups is 1. The standard InChI is InChI=1S/C9H16N4S/c1-2-3-4-5-14-8-6-7(10)12-9(11)13-8/h6H,2-5H2,1H3,(H4,10,11,12,13). The van der Waals surface area contributed by atoms with Crippen LogP contribution in [0.15, 0.2) is 11.1 Å². The lowest BCUT2D eigenvalue weighted by Gasteiger charge is -2.02. The summed E-state index contributed by atoms with van der Waals surface area (Å²) in [6, 6.07) is 1.76. The second-order valence-corrected chi connectivity index (χ2v) is 4.16. The summed E-state index contributed by atoms with van der Waals surface area (Å²) in [4.78, 5) is 7.89. The van der Waals surface area contributed by atoms with Gasteiger partial charge >= 0.3 is 0 Å². The summed E-state index contributed by atoms with van der Waals surface area (Å²) in [5.41, 5.74) is 11.0. The summed E-state index contributed by atoms with van der Waals surface area (Å²) < 4.78 is 0. The van der Waals surface area contributed by atoms with Crippen LogP contribution in [0.4, 0.5) is 11.8 Å². The number of anilines is 2. The van der Waals surface area contributed by atoms with Crippen LogP contribution in [-0.2, 0) is 0 Å². The third kappa shape index (κ3) is 3.83. The van der Waals surface area contributed by atoms with Gasteiger partial charge in [-0.2, -0.15) is 4.98 Å². The van der Waals surface area contributed by atoms with Gasteiger partial charge in [-0.3, -0.25) is 0 Å². The van der Waals surface area contributed by atoms with Gasteiger partial charge in [0, 0.05) is 6.07 Å². The SMILES string of the molecule is CCCCCSc1cc(N)nc(N)n1. The lowest BCUT2D eigenvalue weighted by Crippen LogP contribution is -2.00. The maximum Gasteiger partial charge on any atom is 0.223 e. The maximum atomic E-state index is 5.55. The van der Waals surface area contributed by atoms with Gasteiger partial charge in [-0.25, -0.2) is 4.98 Å². The highest BCUT2D eigenvalue weighted by Crippen LogP contribution is 2.19. The molecule has 0 saturated carbocycles. The molecule has 1 aromatic heterocycles. The van der Waals surface area contributed by atoms with Gasteiger partial charge in [-0.05, 0) is 12.2 Å². The first-order valence-corrected chi connectivity index (χ1v) is 5.73. The van der Waals surface area contributed by atoms with E-state index in [0.717, 1.165) is 10.8 Å². The Morgan fingerprint density at radius 2 is 2.07 bits per heavy atom. The minimum absolute atomic E-state index is 0.253. The van der Waals surface area contributed by atoms with Crippen LogP contribution < -0.4 is 11.5 Å². The van der Waals surface area contributed by atoms with E-state index in [9.17, 15) is 0 Å². The van der Waals surface area contributed by atoms with Gasteiger partial charge < -0.3 is 11.5 Å². The third-order valence-corrected chi connectivity index (χ3v) is 2.74. The van der Waals surface area contributed by atoms with Crippen molar-refractivity contribution in [3.63, 3.8) is 0 Å². The van der Waals surface area contributed by atoms with Gasteiger partial charge in [-0.15, -0.1) is 11.8 Å². The Morgan fingerprint density at radius 3 is 2.71 bits per heavy atom. The second-order valence-electron chi connectivity index (χ2n) is 3.04. The van der Waals surface area contributed by atoms with E-state index in [0.29, 0.717) is 5.82 Å². The topological polar surface area (TPSA) is 77.8 Å². The van der Waals surface area contributed by atoms with Crippen LogP contribution in [0, 0.1) is 0 Å². The predicted molar refractivity (Wildman–Crippen MR) is 61.1 cm³/mol. The highest BCUT2D eigenvalue weighted by molar-refractivity contribution is 7.99. The van der Waals surface area contributed by atoms with E-state index >= 15 is 0 Å². The Labute approximate surface area is 88.5 Å². The summed E-state index contributed by atoms with van der Waals surface area (Å²) in [5.74, 6) is 1.75. The number of nitrogens with zero attached hydrogens (tertiary/aromatic N) is 2. The van der Waals surface area contributed by atoms with Crippen LogP contribution in [0.25, 0.3) is 0 Å². The molecule has 0 saturated heterocycles. The molecule has 0 radical (unpaired) electrons. The first-order valence-electron chi connectivity index (χ1n) is 4.75. The zero-order valence-corrected chi connectivity index (χ0v) is 9.18. The number of aromatic nitrogens is 2. The van der Waals surface area contributed by atoms with E-state index in [1.165, 1.54) is 19.3 Å². The largest absolute Gasteiger partial charge is 0.383 e. The lowest BCUT2D eigenvalue weighted by molar-refractivity contribution is 0.778. The molecule has 0 bridgehead atoms. The molecule has 0 aliphatic carbocycles. The van der Waals surface area contributed by atoms with Crippen molar-refractivity contribution in [2.75, 3.05) is 17.2 Å². The zero-order chi connectivity index (χ0) is 10.4. The molecule has 0 fully saturated rings. The van der Waals surface area contributed by atoms with E-state index in [2.05, 4.69) is 16.9 Å². The van der Waals surface area contributed by atoms with Crippen LogP contribution in [0.2, 0.25) is 0 Å². The zero-order valence-electron chi connectivity index (χ0n) is 8.36. The molecule has 4 nitrogen and oxygen atoms in total. The first-order chi connectivity index (χ1) is 6.72. The molecule has 0 spiro atoms. The monoisotopic (exact) mass is 212 g/mol. The summed E-state index contributed by atoms with van der Waals surface area (Å²) in [6.07, 6.45) is 3.68. The molecule has 78 valence electrons. The molecule has 0 aliphatic rings. The number of unbranched alkanes of at least 4 members (excludes halogenated alkanes) is 2. The first kappa shape index (κ1) is 11.1. The summed E-state index contributed by atoms with van der Waals surface area (Å²) in [7, 11) is 0. The highest BCUT2D eigenvalue weighted by atomic mass is 32.2. The molecule has 1 heterocycles. The smallest absolute Gasteiger partial charge is 0.223 e. The maximum absolute atomic E-state index is 5.55. The minimum atomic E-state index is 0.253. The van der Waals surface area contributed by atoms with Crippen molar-refractivity contribution >= 4 is 23.5 Å². The molecule has 0 aromatic carbocycles. The Bertz CT molecular complexity index is 270. The van der Waals surface area contributed by atoms with Crippen molar-refractivity contribution < 1.29 is 0 Å². The highest BCUT2D eigenvalue weighted by Gasteiger charge is 1.99. The predicted octanol–water partition coefficient (Wildman–Crippen LogP) is 1.92. The lowest BCUT2D eigenvalue weighted by atomic mass is 10.3. The average molecular weight is 212 g/mol. The van der Waals surface area contributed by atoms with Gasteiger partial charge in [0.2, 0.25) is 5.95 Å². The van der Waals surface area contributed by atoms with Gasteiger partial charge in [0.1, 0.15) is 10.8 Å². The van der Waals surface area contributed by atoms with E-state index in [-0.39, 0.29) is 5.95 Å². The van der Waals surface area contributed by atoms with Crippen molar-refractivity contribution in [1.29, 1.82) is 0 Å². The van der Waals surface area contributed by atoms with Gasteiger partial charge in [-0.1, -0.05) is 19.8 Å². The van der Waals surface area contributed by atoms with Gasteiger partial charge in [0.15, 0.2) is 0 Å². The van der Waals surface area contributed by atoms with Crippen molar-refractivity contribution in [3.05, 3.63) is 6.07 Å². The van der Waals surface area contributed by atoms with E-state index in [1.807, 2.05) is 0 Å². The Kier molecular flexibility index (Phi) is 4.52. The van der Waals surface area contributed by atoms with Crippen LogP contribution in [0.3, 0.4) is 0 Å². The fourth-order valence-corrected chi connectivity index (χ4v) is 1.98. The van der Waals surface area contributed by atoms with Crippen LogP contribution in [0.1, 0.15) is 26.2 Å². The third-order valence-electron chi connectivity index (χ3n) is 1.74. The average Bonchev–Trinajstić information content (AvgIpc) is 2.11. The van der Waals surface area contributed by atoms with Crippen molar-refractivity contribution in [2.45, 2.75) is 31.2 Å². The van der Waals surface area contributed by atoms with Crippen LogP contribution >= 0.6 is 11.8 Å². The summed E-state index contributed by atoms with van der Waals surface area (Å²) in [5, 5.41) is 0.867. The van der Waals surface area contributed by atoms with Crippen molar-refractivity contribution in [3.8, 4) is 0 Å². The normalized spacial score (nSPS) is 10.4. The Balaban J connectivity index is 2.42. The van der Waals surface area contributed by atoms with Crippen LogP contribution in [0.5, 0.6) is 0 Å². The molecule has 1 rings (SSSR count). The molecule has 0 amide bonds. The summed E-state index contributed by atoms with van der Waals surface area (Å²) >= 11 is 1.68. The number of rotatable bonds is 5. The fourth-order valence-electron chi connectivity index (χ4n) is 1.06. The number of hydrogen-bond donors (Lipinski definition) is 2. The number of nitrogen functional groups attached to an aromatic ring is 2. The fraction of sp³-hybridized carbons (Fsp3) is 0.556. The van der Waals surface area contributed by atoms with E-state index in [4.69, 9.17) is 11.5 Å². The van der Waals surface area contributed by atoms with Crippen molar-refractivity contribution in [2.24, 2.45) is 0 Å².